The van der Waals surface area contributed by atoms with E-state index in [1.54, 1.807) is 7.11 Å². The molecule has 0 bridgehead atoms. The molecule has 0 N–H and O–H groups in total. The summed E-state index contributed by atoms with van der Waals surface area (Å²) in [5, 5.41) is 9.06. The topological polar surface area (TPSA) is 36.3 Å². The van der Waals surface area contributed by atoms with Crippen molar-refractivity contribution in [2.24, 2.45) is 5.92 Å². The van der Waals surface area contributed by atoms with Crippen molar-refractivity contribution in [1.82, 2.24) is 4.90 Å². The van der Waals surface area contributed by atoms with Gasteiger partial charge in [-0.25, -0.2) is 0 Å². The van der Waals surface area contributed by atoms with Gasteiger partial charge < -0.3 is 4.74 Å². The number of hydrogen-bond donors (Lipinski definition) is 0. The van der Waals surface area contributed by atoms with Crippen molar-refractivity contribution < 1.29 is 4.74 Å². The average Bonchev–Trinajstić information content (AvgIpc) is 2.54. The Bertz CT molecular complexity index is 498. The molecule has 1 aliphatic rings. The number of benzene rings is 1. The second-order valence-corrected chi connectivity index (χ2v) is 6.14. The van der Waals surface area contributed by atoms with Crippen LogP contribution in [0.15, 0.2) is 18.2 Å². The standard InChI is InChI=1S/C18H26N2O/c1-4-14-5-8-17(9-6-14)20(2)13-16-11-15(12-19)7-10-18(16)21-3/h7,10-11,14,17H,4-6,8-9,13H2,1-3H3. The third-order valence-corrected chi connectivity index (χ3v) is 4.85. The van der Waals surface area contributed by atoms with Gasteiger partial charge in [0.1, 0.15) is 5.75 Å². The molecule has 2 rings (SSSR count). The zero-order valence-electron chi connectivity index (χ0n) is 13.4. The Morgan fingerprint density at radius 1 is 1.29 bits per heavy atom. The number of ether oxygens (including phenoxy) is 1. The summed E-state index contributed by atoms with van der Waals surface area (Å²) in [5.74, 6) is 1.80. The molecule has 1 aromatic rings. The number of nitrogens with zero attached hydrogens (tertiary/aromatic N) is 2. The van der Waals surface area contributed by atoms with Gasteiger partial charge in [0.05, 0.1) is 18.7 Å². The summed E-state index contributed by atoms with van der Waals surface area (Å²) in [6, 6.07) is 8.53. The molecule has 114 valence electrons. The Balaban J connectivity index is 2.02. The van der Waals surface area contributed by atoms with E-state index in [0.717, 1.165) is 23.8 Å². The molecular weight excluding hydrogens is 260 g/mol. The highest BCUT2D eigenvalue weighted by Gasteiger charge is 2.23. The molecule has 0 unspecified atom stereocenters. The predicted molar refractivity (Wildman–Crippen MR) is 85.2 cm³/mol. The van der Waals surface area contributed by atoms with Crippen LogP contribution in [0.3, 0.4) is 0 Å². The number of methoxy groups -OCH3 is 1. The van der Waals surface area contributed by atoms with Gasteiger partial charge in [0.25, 0.3) is 0 Å². The van der Waals surface area contributed by atoms with Crippen LogP contribution in [0.4, 0.5) is 0 Å². The third kappa shape index (κ3) is 3.98. The van der Waals surface area contributed by atoms with Gasteiger partial charge >= 0.3 is 0 Å². The van der Waals surface area contributed by atoms with Crippen molar-refractivity contribution in [1.29, 1.82) is 5.26 Å². The lowest BCUT2D eigenvalue weighted by Gasteiger charge is -2.34. The first-order valence-electron chi connectivity index (χ1n) is 7.95. The first-order valence-corrected chi connectivity index (χ1v) is 7.95. The van der Waals surface area contributed by atoms with E-state index in [0.29, 0.717) is 11.6 Å². The molecule has 0 atom stereocenters. The minimum Gasteiger partial charge on any atom is -0.496 e. The summed E-state index contributed by atoms with van der Waals surface area (Å²) < 4.78 is 5.43. The molecule has 0 aliphatic heterocycles. The van der Waals surface area contributed by atoms with Crippen molar-refractivity contribution in [3.63, 3.8) is 0 Å². The van der Waals surface area contributed by atoms with Gasteiger partial charge in [-0.15, -0.1) is 0 Å². The maximum atomic E-state index is 9.06. The Kier molecular flexibility index (Phi) is 5.64. The van der Waals surface area contributed by atoms with Crippen molar-refractivity contribution in [2.45, 2.75) is 51.6 Å². The molecule has 3 nitrogen and oxygen atoms in total. The lowest BCUT2D eigenvalue weighted by molar-refractivity contribution is 0.156. The van der Waals surface area contributed by atoms with Crippen LogP contribution in [0.5, 0.6) is 5.75 Å². The van der Waals surface area contributed by atoms with Crippen LogP contribution in [0.1, 0.15) is 50.2 Å². The summed E-state index contributed by atoms with van der Waals surface area (Å²) in [7, 11) is 3.88. The van der Waals surface area contributed by atoms with Crippen molar-refractivity contribution in [3.8, 4) is 11.8 Å². The SMILES string of the molecule is CCC1CCC(N(C)Cc2cc(C#N)ccc2OC)CC1. The van der Waals surface area contributed by atoms with Crippen molar-refractivity contribution in [3.05, 3.63) is 29.3 Å². The van der Waals surface area contributed by atoms with E-state index in [2.05, 4.69) is 24.9 Å². The molecule has 0 heterocycles. The fraction of sp³-hybridized carbons (Fsp3) is 0.611. The zero-order valence-corrected chi connectivity index (χ0v) is 13.4. The summed E-state index contributed by atoms with van der Waals surface area (Å²) in [6.45, 7) is 3.15. The molecule has 1 aliphatic carbocycles. The van der Waals surface area contributed by atoms with Gasteiger partial charge in [-0.1, -0.05) is 13.3 Å². The summed E-state index contributed by atoms with van der Waals surface area (Å²) in [4.78, 5) is 2.42. The highest BCUT2D eigenvalue weighted by atomic mass is 16.5. The fourth-order valence-electron chi connectivity index (χ4n) is 3.36. The van der Waals surface area contributed by atoms with Gasteiger partial charge in [-0.2, -0.15) is 5.26 Å². The third-order valence-electron chi connectivity index (χ3n) is 4.85. The molecule has 0 aromatic heterocycles. The smallest absolute Gasteiger partial charge is 0.123 e. The number of rotatable bonds is 5. The van der Waals surface area contributed by atoms with Gasteiger partial charge in [0.2, 0.25) is 0 Å². The van der Waals surface area contributed by atoms with Gasteiger partial charge in [0.15, 0.2) is 0 Å². The predicted octanol–water partition coefficient (Wildman–Crippen LogP) is 3.97. The van der Waals surface area contributed by atoms with E-state index in [9.17, 15) is 0 Å². The van der Waals surface area contributed by atoms with Gasteiger partial charge in [0, 0.05) is 18.2 Å². The summed E-state index contributed by atoms with van der Waals surface area (Å²) in [6.07, 6.45) is 6.58. The molecule has 1 fully saturated rings. The van der Waals surface area contributed by atoms with E-state index < -0.39 is 0 Å². The minimum absolute atomic E-state index is 0.656. The van der Waals surface area contributed by atoms with E-state index >= 15 is 0 Å². The van der Waals surface area contributed by atoms with Crippen LogP contribution in [-0.4, -0.2) is 25.1 Å². The molecule has 0 radical (unpaired) electrons. The Morgan fingerprint density at radius 3 is 2.57 bits per heavy atom. The molecule has 0 spiro atoms. The Hall–Kier alpha value is -1.53. The van der Waals surface area contributed by atoms with Crippen LogP contribution < -0.4 is 4.74 Å². The second-order valence-electron chi connectivity index (χ2n) is 6.14. The maximum Gasteiger partial charge on any atom is 0.123 e. The van der Waals surface area contributed by atoms with Crippen LogP contribution >= 0.6 is 0 Å². The highest BCUT2D eigenvalue weighted by Crippen LogP contribution is 2.30. The lowest BCUT2D eigenvalue weighted by Crippen LogP contribution is -2.34. The summed E-state index contributed by atoms with van der Waals surface area (Å²) >= 11 is 0. The molecule has 0 saturated heterocycles. The zero-order chi connectivity index (χ0) is 15.2. The van der Waals surface area contributed by atoms with E-state index in [4.69, 9.17) is 10.00 Å². The molecular formula is C18H26N2O. The minimum atomic E-state index is 0.656. The molecule has 1 aromatic carbocycles. The van der Waals surface area contributed by atoms with Gasteiger partial charge in [-0.3, -0.25) is 4.90 Å². The van der Waals surface area contributed by atoms with Crippen LogP contribution in [-0.2, 0) is 6.54 Å². The van der Waals surface area contributed by atoms with Crippen molar-refractivity contribution in [2.75, 3.05) is 14.2 Å². The lowest BCUT2D eigenvalue weighted by atomic mass is 9.84. The fourth-order valence-corrected chi connectivity index (χ4v) is 3.36. The maximum absolute atomic E-state index is 9.06. The van der Waals surface area contributed by atoms with Crippen molar-refractivity contribution >= 4 is 0 Å². The monoisotopic (exact) mass is 286 g/mol. The number of hydrogen-bond acceptors (Lipinski definition) is 3. The number of nitriles is 1. The second kappa shape index (κ2) is 7.47. The Morgan fingerprint density at radius 2 is 2.00 bits per heavy atom. The molecule has 21 heavy (non-hydrogen) atoms. The molecule has 1 saturated carbocycles. The molecule has 3 heteroatoms. The van der Waals surface area contributed by atoms with E-state index in [1.165, 1.54) is 32.1 Å². The van der Waals surface area contributed by atoms with Gasteiger partial charge in [-0.05, 0) is 56.8 Å². The average molecular weight is 286 g/mol. The van der Waals surface area contributed by atoms with Crippen LogP contribution in [0, 0.1) is 17.2 Å². The normalized spacial score (nSPS) is 22.0. The first-order chi connectivity index (χ1) is 10.2. The molecule has 0 amide bonds. The highest BCUT2D eigenvalue weighted by molar-refractivity contribution is 5.42. The quantitative estimate of drug-likeness (QED) is 0.821. The van der Waals surface area contributed by atoms with E-state index in [1.807, 2.05) is 18.2 Å². The summed E-state index contributed by atoms with van der Waals surface area (Å²) in [5.41, 5.74) is 1.81. The Labute approximate surface area is 128 Å². The van der Waals surface area contributed by atoms with E-state index in [-0.39, 0.29) is 0 Å². The first kappa shape index (κ1) is 15.9. The van der Waals surface area contributed by atoms with Crippen LogP contribution in [0.2, 0.25) is 0 Å². The van der Waals surface area contributed by atoms with Crippen LogP contribution in [0.25, 0.3) is 0 Å². The largest absolute Gasteiger partial charge is 0.496 e.